The van der Waals surface area contributed by atoms with Crippen molar-refractivity contribution in [3.8, 4) is 0 Å². The first kappa shape index (κ1) is 18.3. The highest BCUT2D eigenvalue weighted by Crippen LogP contribution is 2.22. The Morgan fingerprint density at radius 3 is 2.71 bits per heavy atom. The zero-order valence-corrected chi connectivity index (χ0v) is 14.3. The molecule has 0 spiro atoms. The van der Waals surface area contributed by atoms with Crippen molar-refractivity contribution in [3.05, 3.63) is 28.8 Å². The third kappa shape index (κ3) is 5.88. The summed E-state index contributed by atoms with van der Waals surface area (Å²) in [7, 11) is -3.72. The van der Waals surface area contributed by atoms with Crippen LogP contribution in [0.15, 0.2) is 23.1 Å². The van der Waals surface area contributed by atoms with Crippen LogP contribution in [-0.2, 0) is 14.8 Å². The van der Waals surface area contributed by atoms with Gasteiger partial charge in [0.25, 0.3) is 0 Å². The minimum atomic E-state index is -3.72. The van der Waals surface area contributed by atoms with Crippen LogP contribution >= 0.6 is 23.8 Å². The summed E-state index contributed by atoms with van der Waals surface area (Å²) in [5.74, 6) is 0.401. The van der Waals surface area contributed by atoms with E-state index in [2.05, 4.69) is 4.72 Å². The monoisotopic (exact) mass is 350 g/mol. The number of sulfonamides is 1. The molecule has 0 saturated heterocycles. The lowest BCUT2D eigenvalue weighted by Gasteiger charge is -2.11. The molecular weight excluding hydrogens is 332 g/mol. The van der Waals surface area contributed by atoms with E-state index in [1.54, 1.807) is 6.07 Å². The Kier molecular flexibility index (Phi) is 7.02. The minimum Gasteiger partial charge on any atom is -0.389 e. The van der Waals surface area contributed by atoms with Crippen LogP contribution in [0, 0.1) is 5.92 Å². The largest absolute Gasteiger partial charge is 0.389 e. The minimum absolute atomic E-state index is 0.0432. The molecule has 5 nitrogen and oxygen atoms in total. The molecule has 0 aliphatic carbocycles. The lowest BCUT2D eigenvalue weighted by molar-refractivity contribution is 0.114. The fraction of sp³-hybridized carbons (Fsp3) is 0.462. The van der Waals surface area contributed by atoms with Crippen LogP contribution < -0.4 is 10.5 Å². The average Bonchev–Trinajstić information content (AvgIpc) is 2.37. The molecular formula is C13H19ClN2O3S2. The van der Waals surface area contributed by atoms with Gasteiger partial charge in [-0.15, -0.1) is 0 Å². The number of benzene rings is 1. The molecule has 0 unspecified atom stereocenters. The van der Waals surface area contributed by atoms with Crippen LogP contribution in [0.4, 0.5) is 0 Å². The Balaban J connectivity index is 2.74. The molecule has 0 aliphatic heterocycles. The number of nitrogens with one attached hydrogen (secondary N) is 1. The van der Waals surface area contributed by atoms with Gasteiger partial charge in [0.15, 0.2) is 0 Å². The van der Waals surface area contributed by atoms with Crippen molar-refractivity contribution < 1.29 is 13.2 Å². The third-order valence-corrected chi connectivity index (χ3v) is 4.67. The number of halogens is 1. The van der Waals surface area contributed by atoms with E-state index in [4.69, 9.17) is 34.3 Å². The van der Waals surface area contributed by atoms with Gasteiger partial charge in [0.2, 0.25) is 10.0 Å². The summed E-state index contributed by atoms with van der Waals surface area (Å²) in [6.07, 6.45) is 0. The second kappa shape index (κ2) is 8.05. The first-order chi connectivity index (χ1) is 9.74. The first-order valence-corrected chi connectivity index (χ1v) is 8.67. The van der Waals surface area contributed by atoms with Gasteiger partial charge in [0.05, 0.1) is 11.6 Å². The van der Waals surface area contributed by atoms with E-state index in [1.165, 1.54) is 12.1 Å². The van der Waals surface area contributed by atoms with Gasteiger partial charge in [-0.2, -0.15) is 0 Å². The van der Waals surface area contributed by atoms with E-state index in [9.17, 15) is 8.42 Å². The Hall–Kier alpha value is -0.730. The van der Waals surface area contributed by atoms with Crippen LogP contribution in [0.5, 0.6) is 0 Å². The number of nitrogens with two attached hydrogens (primary N) is 1. The van der Waals surface area contributed by atoms with E-state index in [-0.39, 0.29) is 21.5 Å². The maximum atomic E-state index is 12.2. The highest BCUT2D eigenvalue weighted by atomic mass is 35.5. The molecule has 1 aromatic rings. The van der Waals surface area contributed by atoms with E-state index in [1.807, 2.05) is 13.8 Å². The van der Waals surface area contributed by atoms with Gasteiger partial charge in [0.1, 0.15) is 9.88 Å². The lowest BCUT2D eigenvalue weighted by Crippen LogP contribution is -2.28. The zero-order chi connectivity index (χ0) is 16.0. The van der Waals surface area contributed by atoms with E-state index in [0.29, 0.717) is 24.7 Å². The van der Waals surface area contributed by atoms with E-state index < -0.39 is 10.0 Å². The highest BCUT2D eigenvalue weighted by molar-refractivity contribution is 7.89. The molecule has 1 rings (SSSR count). The maximum absolute atomic E-state index is 12.2. The third-order valence-electron chi connectivity index (χ3n) is 2.49. The van der Waals surface area contributed by atoms with Crippen LogP contribution in [0.1, 0.15) is 19.4 Å². The Labute approximate surface area is 135 Å². The number of ether oxygens (including phenoxy) is 1. The molecule has 0 aliphatic rings. The molecule has 0 heterocycles. The zero-order valence-electron chi connectivity index (χ0n) is 11.9. The van der Waals surface area contributed by atoms with Crippen molar-refractivity contribution in [2.24, 2.45) is 11.7 Å². The van der Waals surface area contributed by atoms with Crippen LogP contribution in [0.2, 0.25) is 5.02 Å². The molecule has 8 heteroatoms. The van der Waals surface area contributed by atoms with Gasteiger partial charge in [-0.3, -0.25) is 0 Å². The number of hydrogen-bond acceptors (Lipinski definition) is 4. The standard InChI is InChI=1S/C13H19ClN2O3S2/c1-9(2)8-19-6-5-16-21(17,18)12-7-10(13(15)20)3-4-11(12)14/h3-4,7,9,16H,5-6,8H2,1-2H3,(H2,15,20). The molecule has 0 atom stereocenters. The topological polar surface area (TPSA) is 81.4 Å². The van der Waals surface area contributed by atoms with Crippen molar-refractivity contribution in [1.29, 1.82) is 0 Å². The molecule has 0 saturated carbocycles. The molecule has 118 valence electrons. The van der Waals surface area contributed by atoms with E-state index in [0.717, 1.165) is 0 Å². The molecule has 0 fully saturated rings. The van der Waals surface area contributed by atoms with Gasteiger partial charge >= 0.3 is 0 Å². The maximum Gasteiger partial charge on any atom is 0.242 e. The first-order valence-electron chi connectivity index (χ1n) is 6.41. The lowest BCUT2D eigenvalue weighted by atomic mass is 10.2. The molecule has 0 bridgehead atoms. The summed E-state index contributed by atoms with van der Waals surface area (Å²) in [5.41, 5.74) is 5.95. The van der Waals surface area contributed by atoms with Crippen molar-refractivity contribution in [2.45, 2.75) is 18.7 Å². The summed E-state index contributed by atoms with van der Waals surface area (Å²) in [5, 5.41) is 0.116. The Morgan fingerprint density at radius 2 is 2.14 bits per heavy atom. The highest BCUT2D eigenvalue weighted by Gasteiger charge is 2.18. The predicted molar refractivity (Wildman–Crippen MR) is 88.2 cm³/mol. The number of rotatable bonds is 8. The van der Waals surface area contributed by atoms with E-state index >= 15 is 0 Å². The number of thiocarbonyl (C=S) groups is 1. The quantitative estimate of drug-likeness (QED) is 0.553. The fourth-order valence-corrected chi connectivity index (χ4v) is 3.17. The predicted octanol–water partition coefficient (Wildman–Crippen LogP) is 1.93. The van der Waals surface area contributed by atoms with Gasteiger partial charge in [-0.25, -0.2) is 13.1 Å². The summed E-state index contributed by atoms with van der Waals surface area (Å²) in [4.78, 5) is 0.0710. The smallest absolute Gasteiger partial charge is 0.242 e. The summed E-state index contributed by atoms with van der Waals surface area (Å²) in [6, 6.07) is 4.40. The van der Waals surface area contributed by atoms with Gasteiger partial charge in [-0.05, 0) is 18.1 Å². The molecule has 1 aromatic carbocycles. The molecule has 3 N–H and O–H groups in total. The SMILES string of the molecule is CC(C)COCCNS(=O)(=O)c1cc(C(N)=S)ccc1Cl. The van der Waals surface area contributed by atoms with Crippen molar-refractivity contribution in [2.75, 3.05) is 19.8 Å². The van der Waals surface area contributed by atoms with Crippen molar-refractivity contribution >= 4 is 38.8 Å². The fourth-order valence-electron chi connectivity index (χ4n) is 1.51. The van der Waals surface area contributed by atoms with Crippen molar-refractivity contribution in [1.82, 2.24) is 4.72 Å². The molecule has 0 aromatic heterocycles. The van der Waals surface area contributed by atoms with Gasteiger partial charge < -0.3 is 10.5 Å². The number of hydrogen-bond donors (Lipinski definition) is 2. The second-order valence-electron chi connectivity index (χ2n) is 4.88. The summed E-state index contributed by atoms with van der Waals surface area (Å²) < 4.78 is 32.1. The van der Waals surface area contributed by atoms with Crippen LogP contribution in [0.25, 0.3) is 0 Å². The normalized spacial score (nSPS) is 11.8. The van der Waals surface area contributed by atoms with Crippen LogP contribution in [-0.4, -0.2) is 33.2 Å². The Bertz CT molecular complexity index is 603. The van der Waals surface area contributed by atoms with Crippen LogP contribution in [0.3, 0.4) is 0 Å². The summed E-state index contributed by atoms with van der Waals surface area (Å²) in [6.45, 7) is 5.09. The molecule has 21 heavy (non-hydrogen) atoms. The van der Waals surface area contributed by atoms with Gasteiger partial charge in [0, 0.05) is 18.7 Å². The molecule has 0 amide bonds. The average molecular weight is 351 g/mol. The second-order valence-corrected chi connectivity index (χ2v) is 7.46. The van der Waals surface area contributed by atoms with Crippen molar-refractivity contribution in [3.63, 3.8) is 0 Å². The Morgan fingerprint density at radius 1 is 1.48 bits per heavy atom. The summed E-state index contributed by atoms with van der Waals surface area (Å²) >= 11 is 10.8. The molecule has 0 radical (unpaired) electrons. The van der Waals surface area contributed by atoms with Gasteiger partial charge in [-0.1, -0.05) is 43.7 Å².